The van der Waals surface area contributed by atoms with Gasteiger partial charge in [-0.15, -0.1) is 12.4 Å². The summed E-state index contributed by atoms with van der Waals surface area (Å²) in [5, 5.41) is 1.88. The van der Waals surface area contributed by atoms with Crippen LogP contribution in [0, 0.1) is 0 Å². The number of hydrogen-bond donors (Lipinski definition) is 0. The van der Waals surface area contributed by atoms with Crippen LogP contribution in [-0.2, 0) is 0 Å². The van der Waals surface area contributed by atoms with Crippen LogP contribution in [0.4, 0.5) is 5.82 Å². The van der Waals surface area contributed by atoms with E-state index in [0.717, 1.165) is 40.9 Å². The number of nitrogens with zero attached hydrogens (tertiary/aromatic N) is 3. The SMILES string of the molecule is Cl.Clc1ccc2nc(N3CCN(C4CC4)CC3)ccc2c1. The molecule has 0 unspecified atom stereocenters. The fraction of sp³-hybridized carbons (Fsp3) is 0.438. The summed E-state index contributed by atoms with van der Waals surface area (Å²) in [6, 6.07) is 11.0. The van der Waals surface area contributed by atoms with Gasteiger partial charge in [-0.2, -0.15) is 0 Å². The highest BCUT2D eigenvalue weighted by Crippen LogP contribution is 2.28. The van der Waals surface area contributed by atoms with E-state index >= 15 is 0 Å². The van der Waals surface area contributed by atoms with Gasteiger partial charge in [0.15, 0.2) is 0 Å². The molecule has 0 spiro atoms. The summed E-state index contributed by atoms with van der Waals surface area (Å²) in [5.74, 6) is 1.09. The third kappa shape index (κ3) is 3.10. The molecule has 21 heavy (non-hydrogen) atoms. The van der Waals surface area contributed by atoms with Crippen LogP contribution in [0.25, 0.3) is 10.9 Å². The Labute approximate surface area is 136 Å². The largest absolute Gasteiger partial charge is 0.354 e. The first kappa shape index (κ1) is 14.9. The first-order chi connectivity index (χ1) is 9.79. The van der Waals surface area contributed by atoms with Gasteiger partial charge in [0.2, 0.25) is 0 Å². The van der Waals surface area contributed by atoms with Crippen molar-refractivity contribution in [3.05, 3.63) is 35.4 Å². The minimum Gasteiger partial charge on any atom is -0.354 e. The van der Waals surface area contributed by atoms with Crippen molar-refractivity contribution >= 4 is 40.7 Å². The quantitative estimate of drug-likeness (QED) is 0.841. The fourth-order valence-corrected chi connectivity index (χ4v) is 3.20. The van der Waals surface area contributed by atoms with Crippen LogP contribution < -0.4 is 4.90 Å². The summed E-state index contributed by atoms with van der Waals surface area (Å²) in [7, 11) is 0. The standard InChI is InChI=1S/C16H18ClN3.ClH/c17-13-2-5-15-12(11-13)1-6-16(18-15)20-9-7-19(8-10-20)14-3-4-14;/h1-2,5-6,11,14H,3-4,7-10H2;1H. The molecule has 3 nitrogen and oxygen atoms in total. The maximum absolute atomic E-state index is 6.02. The van der Waals surface area contributed by atoms with Gasteiger partial charge in [-0.3, -0.25) is 4.90 Å². The van der Waals surface area contributed by atoms with Gasteiger partial charge in [0, 0.05) is 42.6 Å². The van der Waals surface area contributed by atoms with E-state index in [4.69, 9.17) is 16.6 Å². The molecular formula is C16H19Cl2N3. The normalized spacial score (nSPS) is 19.6. The zero-order valence-electron chi connectivity index (χ0n) is 11.8. The monoisotopic (exact) mass is 323 g/mol. The molecule has 0 N–H and O–H groups in total. The number of pyridine rings is 1. The molecule has 0 amide bonds. The summed E-state index contributed by atoms with van der Waals surface area (Å²) >= 11 is 6.02. The zero-order chi connectivity index (χ0) is 13.5. The number of piperazine rings is 1. The Morgan fingerprint density at radius 1 is 1.00 bits per heavy atom. The average Bonchev–Trinajstić information content (AvgIpc) is 3.32. The third-order valence-corrected chi connectivity index (χ3v) is 4.57. The Hall–Kier alpha value is -1.03. The molecule has 0 radical (unpaired) electrons. The van der Waals surface area contributed by atoms with Crippen LogP contribution in [0.2, 0.25) is 5.02 Å². The second kappa shape index (κ2) is 5.99. The highest BCUT2D eigenvalue weighted by Gasteiger charge is 2.31. The zero-order valence-corrected chi connectivity index (χ0v) is 13.4. The fourth-order valence-electron chi connectivity index (χ4n) is 3.02. The topological polar surface area (TPSA) is 19.4 Å². The summed E-state index contributed by atoms with van der Waals surface area (Å²) in [6.07, 6.45) is 2.80. The summed E-state index contributed by atoms with van der Waals surface area (Å²) in [6.45, 7) is 4.52. The number of halogens is 2. The second-order valence-electron chi connectivity index (χ2n) is 5.76. The number of anilines is 1. The lowest BCUT2D eigenvalue weighted by molar-refractivity contribution is 0.247. The molecule has 0 atom stereocenters. The van der Waals surface area contributed by atoms with Crippen LogP contribution in [0.15, 0.2) is 30.3 Å². The van der Waals surface area contributed by atoms with Gasteiger partial charge in [0.05, 0.1) is 5.52 Å². The van der Waals surface area contributed by atoms with Gasteiger partial charge in [0.25, 0.3) is 0 Å². The Kier molecular flexibility index (Phi) is 4.25. The molecule has 1 aliphatic carbocycles. The Bertz CT molecular complexity index is 634. The van der Waals surface area contributed by atoms with Crippen molar-refractivity contribution in [2.24, 2.45) is 0 Å². The number of aromatic nitrogens is 1. The molecule has 1 aliphatic heterocycles. The van der Waals surface area contributed by atoms with E-state index in [1.165, 1.54) is 25.9 Å². The Morgan fingerprint density at radius 2 is 1.76 bits per heavy atom. The summed E-state index contributed by atoms with van der Waals surface area (Å²) in [5.41, 5.74) is 1.02. The molecule has 4 rings (SSSR count). The number of hydrogen-bond acceptors (Lipinski definition) is 3. The maximum Gasteiger partial charge on any atom is 0.129 e. The highest BCUT2D eigenvalue weighted by molar-refractivity contribution is 6.31. The molecular weight excluding hydrogens is 305 g/mol. The van der Waals surface area contributed by atoms with Gasteiger partial charge >= 0.3 is 0 Å². The lowest BCUT2D eigenvalue weighted by Crippen LogP contribution is -2.47. The molecule has 1 aromatic carbocycles. The van der Waals surface area contributed by atoms with Crippen LogP contribution in [-0.4, -0.2) is 42.1 Å². The molecule has 1 aromatic heterocycles. The third-order valence-electron chi connectivity index (χ3n) is 4.34. The molecule has 2 heterocycles. The van der Waals surface area contributed by atoms with Crippen LogP contribution in [0.3, 0.4) is 0 Å². The van der Waals surface area contributed by atoms with Crippen molar-refractivity contribution in [1.29, 1.82) is 0 Å². The van der Waals surface area contributed by atoms with E-state index in [1.807, 2.05) is 18.2 Å². The van der Waals surface area contributed by atoms with Crippen molar-refractivity contribution in [3.63, 3.8) is 0 Å². The predicted octanol–water partition coefficient (Wildman–Crippen LogP) is 3.59. The first-order valence-electron chi connectivity index (χ1n) is 7.35. The van der Waals surface area contributed by atoms with Crippen molar-refractivity contribution in [2.75, 3.05) is 31.1 Å². The molecule has 1 saturated carbocycles. The predicted molar refractivity (Wildman–Crippen MR) is 90.8 cm³/mol. The Morgan fingerprint density at radius 3 is 2.48 bits per heavy atom. The number of fused-ring (bicyclic) bond motifs is 1. The lowest BCUT2D eigenvalue weighted by atomic mass is 10.2. The lowest BCUT2D eigenvalue weighted by Gasteiger charge is -2.35. The minimum atomic E-state index is 0. The number of benzene rings is 1. The smallest absolute Gasteiger partial charge is 0.129 e. The Balaban J connectivity index is 0.00000132. The van der Waals surface area contributed by atoms with Crippen LogP contribution in [0.5, 0.6) is 0 Å². The minimum absolute atomic E-state index is 0. The van der Waals surface area contributed by atoms with Gasteiger partial charge in [0.1, 0.15) is 5.82 Å². The van der Waals surface area contributed by atoms with E-state index < -0.39 is 0 Å². The van der Waals surface area contributed by atoms with Crippen LogP contribution >= 0.6 is 24.0 Å². The van der Waals surface area contributed by atoms with Crippen molar-refractivity contribution in [3.8, 4) is 0 Å². The highest BCUT2D eigenvalue weighted by atomic mass is 35.5. The van der Waals surface area contributed by atoms with Crippen molar-refractivity contribution in [1.82, 2.24) is 9.88 Å². The first-order valence-corrected chi connectivity index (χ1v) is 7.73. The summed E-state index contributed by atoms with van der Waals surface area (Å²) < 4.78 is 0. The molecule has 2 fully saturated rings. The maximum atomic E-state index is 6.02. The molecule has 2 aliphatic rings. The molecule has 1 saturated heterocycles. The molecule has 5 heteroatoms. The van der Waals surface area contributed by atoms with E-state index in [1.54, 1.807) is 0 Å². The number of rotatable bonds is 2. The van der Waals surface area contributed by atoms with Gasteiger partial charge in [-0.25, -0.2) is 4.98 Å². The van der Waals surface area contributed by atoms with Crippen LogP contribution in [0.1, 0.15) is 12.8 Å². The molecule has 112 valence electrons. The van der Waals surface area contributed by atoms with E-state index in [2.05, 4.69) is 21.9 Å². The average molecular weight is 324 g/mol. The van der Waals surface area contributed by atoms with E-state index in [9.17, 15) is 0 Å². The molecule has 2 aromatic rings. The molecule has 0 bridgehead atoms. The van der Waals surface area contributed by atoms with Gasteiger partial charge < -0.3 is 4.90 Å². The second-order valence-corrected chi connectivity index (χ2v) is 6.20. The van der Waals surface area contributed by atoms with Crippen molar-refractivity contribution < 1.29 is 0 Å². The summed E-state index contributed by atoms with van der Waals surface area (Å²) in [4.78, 5) is 9.79. The van der Waals surface area contributed by atoms with E-state index in [0.29, 0.717) is 0 Å². The van der Waals surface area contributed by atoms with Gasteiger partial charge in [-0.1, -0.05) is 11.6 Å². The van der Waals surface area contributed by atoms with Crippen molar-refractivity contribution in [2.45, 2.75) is 18.9 Å². The van der Waals surface area contributed by atoms with Gasteiger partial charge in [-0.05, 0) is 43.2 Å². The van der Waals surface area contributed by atoms with E-state index in [-0.39, 0.29) is 12.4 Å².